The molecule has 3 nitrogen and oxygen atoms in total. The zero-order valence-corrected chi connectivity index (χ0v) is 10.1. The monoisotopic (exact) mass is 220 g/mol. The molecule has 1 unspecified atom stereocenters. The van der Waals surface area contributed by atoms with Gasteiger partial charge in [-0.3, -0.25) is 9.88 Å². The van der Waals surface area contributed by atoms with E-state index in [2.05, 4.69) is 23.7 Å². The van der Waals surface area contributed by atoms with E-state index in [0.29, 0.717) is 0 Å². The minimum Gasteiger partial charge on any atom is -0.391 e. The van der Waals surface area contributed by atoms with Gasteiger partial charge >= 0.3 is 0 Å². The van der Waals surface area contributed by atoms with E-state index in [-0.39, 0.29) is 11.6 Å². The number of rotatable bonds is 2. The predicted molar refractivity (Wildman–Crippen MR) is 64.0 cm³/mol. The van der Waals surface area contributed by atoms with Gasteiger partial charge in [-0.2, -0.15) is 0 Å². The third kappa shape index (κ3) is 2.25. The lowest BCUT2D eigenvalue weighted by Gasteiger charge is -2.45. The minimum atomic E-state index is -0.232. The van der Waals surface area contributed by atoms with Gasteiger partial charge in [0.1, 0.15) is 0 Å². The third-order valence-corrected chi connectivity index (χ3v) is 3.62. The molecule has 2 rings (SSSR count). The zero-order valence-electron chi connectivity index (χ0n) is 10.1. The molecule has 16 heavy (non-hydrogen) atoms. The first-order valence-corrected chi connectivity index (χ1v) is 5.94. The molecule has 1 atom stereocenters. The standard InChI is InChI=1S/C13H20N2O/c1-13(2)12(16)7-5-9-15(13)10-11-6-3-4-8-14-11/h3-4,6,8,12,16H,5,7,9-10H2,1-2H3. The Kier molecular flexibility index (Phi) is 3.26. The molecule has 0 saturated carbocycles. The first-order chi connectivity index (χ1) is 7.60. The topological polar surface area (TPSA) is 36.4 Å². The van der Waals surface area contributed by atoms with Crippen molar-refractivity contribution in [2.45, 2.75) is 44.9 Å². The molecular formula is C13H20N2O. The lowest BCUT2D eigenvalue weighted by Crippen LogP contribution is -2.55. The summed E-state index contributed by atoms with van der Waals surface area (Å²) in [7, 11) is 0. The molecule has 1 aliphatic heterocycles. The van der Waals surface area contributed by atoms with E-state index in [1.54, 1.807) is 0 Å². The van der Waals surface area contributed by atoms with Crippen LogP contribution in [-0.4, -0.2) is 33.2 Å². The average Bonchev–Trinajstić information content (AvgIpc) is 2.27. The molecule has 0 spiro atoms. The highest BCUT2D eigenvalue weighted by Gasteiger charge is 2.37. The third-order valence-electron chi connectivity index (χ3n) is 3.62. The Bertz CT molecular complexity index is 337. The molecule has 0 aliphatic carbocycles. The molecule has 1 aromatic heterocycles. The summed E-state index contributed by atoms with van der Waals surface area (Å²) >= 11 is 0. The Morgan fingerprint density at radius 3 is 3.00 bits per heavy atom. The Labute approximate surface area is 97.1 Å². The summed E-state index contributed by atoms with van der Waals surface area (Å²) in [5.74, 6) is 0. The highest BCUT2D eigenvalue weighted by atomic mass is 16.3. The molecule has 88 valence electrons. The van der Waals surface area contributed by atoms with Gasteiger partial charge in [0.25, 0.3) is 0 Å². The van der Waals surface area contributed by atoms with Crippen molar-refractivity contribution >= 4 is 0 Å². The van der Waals surface area contributed by atoms with Crippen LogP contribution in [0.2, 0.25) is 0 Å². The van der Waals surface area contributed by atoms with Gasteiger partial charge in [-0.25, -0.2) is 0 Å². The summed E-state index contributed by atoms with van der Waals surface area (Å²) in [6.45, 7) is 6.09. The lowest BCUT2D eigenvalue weighted by molar-refractivity contribution is -0.0486. The summed E-state index contributed by atoms with van der Waals surface area (Å²) in [4.78, 5) is 6.66. The summed E-state index contributed by atoms with van der Waals surface area (Å²) in [6, 6.07) is 5.98. The molecular weight excluding hydrogens is 200 g/mol. The van der Waals surface area contributed by atoms with Crippen molar-refractivity contribution in [2.75, 3.05) is 6.54 Å². The fourth-order valence-corrected chi connectivity index (χ4v) is 2.30. The van der Waals surface area contributed by atoms with Crippen LogP contribution in [0.5, 0.6) is 0 Å². The van der Waals surface area contributed by atoms with E-state index >= 15 is 0 Å². The zero-order chi connectivity index (χ0) is 11.6. The smallest absolute Gasteiger partial charge is 0.0719 e. The molecule has 0 bridgehead atoms. The van der Waals surface area contributed by atoms with Crippen molar-refractivity contribution < 1.29 is 5.11 Å². The number of pyridine rings is 1. The molecule has 1 fully saturated rings. The van der Waals surface area contributed by atoms with Crippen molar-refractivity contribution in [3.63, 3.8) is 0 Å². The summed E-state index contributed by atoms with van der Waals surface area (Å²) < 4.78 is 0. The quantitative estimate of drug-likeness (QED) is 0.826. The van der Waals surface area contributed by atoms with Crippen LogP contribution in [0.4, 0.5) is 0 Å². The number of hydrogen-bond acceptors (Lipinski definition) is 3. The number of nitrogens with zero attached hydrogens (tertiary/aromatic N) is 2. The summed E-state index contributed by atoms with van der Waals surface area (Å²) in [5, 5.41) is 10.0. The molecule has 3 heteroatoms. The van der Waals surface area contributed by atoms with Gasteiger partial charge in [0.2, 0.25) is 0 Å². The van der Waals surface area contributed by atoms with Gasteiger partial charge in [-0.05, 0) is 45.4 Å². The number of likely N-dealkylation sites (tertiary alicyclic amines) is 1. The molecule has 0 aromatic carbocycles. The number of aromatic nitrogens is 1. The Hall–Kier alpha value is -0.930. The average molecular weight is 220 g/mol. The number of piperidine rings is 1. The van der Waals surface area contributed by atoms with E-state index < -0.39 is 0 Å². The number of aliphatic hydroxyl groups excluding tert-OH is 1. The lowest BCUT2D eigenvalue weighted by atomic mass is 9.87. The molecule has 0 amide bonds. The second-order valence-corrected chi connectivity index (χ2v) is 5.05. The Morgan fingerprint density at radius 2 is 2.31 bits per heavy atom. The second-order valence-electron chi connectivity index (χ2n) is 5.05. The highest BCUT2D eigenvalue weighted by Crippen LogP contribution is 2.28. The highest BCUT2D eigenvalue weighted by molar-refractivity contribution is 5.05. The van der Waals surface area contributed by atoms with Gasteiger partial charge < -0.3 is 5.11 Å². The van der Waals surface area contributed by atoms with Crippen LogP contribution in [0.25, 0.3) is 0 Å². The van der Waals surface area contributed by atoms with Crippen LogP contribution in [0.3, 0.4) is 0 Å². The Balaban J connectivity index is 2.09. The molecule has 2 heterocycles. The van der Waals surface area contributed by atoms with Crippen LogP contribution in [0.15, 0.2) is 24.4 Å². The second kappa shape index (κ2) is 4.52. The van der Waals surface area contributed by atoms with Crippen molar-refractivity contribution in [1.29, 1.82) is 0 Å². The number of hydrogen-bond donors (Lipinski definition) is 1. The first-order valence-electron chi connectivity index (χ1n) is 5.94. The van der Waals surface area contributed by atoms with Crippen LogP contribution >= 0.6 is 0 Å². The molecule has 0 radical (unpaired) electrons. The van der Waals surface area contributed by atoms with Gasteiger partial charge in [-0.1, -0.05) is 6.07 Å². The largest absolute Gasteiger partial charge is 0.391 e. The molecule has 1 N–H and O–H groups in total. The van der Waals surface area contributed by atoms with Crippen LogP contribution < -0.4 is 0 Å². The summed E-state index contributed by atoms with van der Waals surface area (Å²) in [5.41, 5.74) is 0.931. The minimum absolute atomic E-state index is 0.143. The fraction of sp³-hybridized carbons (Fsp3) is 0.615. The molecule has 1 saturated heterocycles. The first kappa shape index (κ1) is 11.6. The van der Waals surface area contributed by atoms with Crippen molar-refractivity contribution in [3.05, 3.63) is 30.1 Å². The van der Waals surface area contributed by atoms with Crippen LogP contribution in [0, 0.1) is 0 Å². The van der Waals surface area contributed by atoms with E-state index in [1.165, 1.54) is 0 Å². The SMILES string of the molecule is CC1(C)C(O)CCCN1Cc1ccccn1. The van der Waals surface area contributed by atoms with Gasteiger partial charge in [0.15, 0.2) is 0 Å². The normalized spacial score (nSPS) is 25.6. The van der Waals surface area contributed by atoms with Crippen molar-refractivity contribution in [3.8, 4) is 0 Å². The van der Waals surface area contributed by atoms with Crippen molar-refractivity contribution in [2.24, 2.45) is 0 Å². The van der Waals surface area contributed by atoms with E-state index in [4.69, 9.17) is 0 Å². The van der Waals surface area contributed by atoms with Crippen molar-refractivity contribution in [1.82, 2.24) is 9.88 Å². The summed E-state index contributed by atoms with van der Waals surface area (Å²) in [6.07, 6.45) is 3.57. The van der Waals surface area contributed by atoms with Gasteiger partial charge in [0.05, 0.1) is 11.8 Å². The van der Waals surface area contributed by atoms with E-state index in [0.717, 1.165) is 31.6 Å². The maximum Gasteiger partial charge on any atom is 0.0719 e. The molecule has 1 aromatic rings. The van der Waals surface area contributed by atoms with Gasteiger partial charge in [-0.15, -0.1) is 0 Å². The fourth-order valence-electron chi connectivity index (χ4n) is 2.30. The van der Waals surface area contributed by atoms with E-state index in [1.807, 2.05) is 24.4 Å². The number of aliphatic hydroxyl groups is 1. The predicted octanol–water partition coefficient (Wildman–Crippen LogP) is 1.82. The maximum absolute atomic E-state index is 10.0. The maximum atomic E-state index is 10.0. The van der Waals surface area contributed by atoms with Gasteiger partial charge in [0, 0.05) is 18.3 Å². The molecule has 1 aliphatic rings. The van der Waals surface area contributed by atoms with Crippen LogP contribution in [-0.2, 0) is 6.54 Å². The van der Waals surface area contributed by atoms with Crippen LogP contribution in [0.1, 0.15) is 32.4 Å². The van der Waals surface area contributed by atoms with E-state index in [9.17, 15) is 5.11 Å². The Morgan fingerprint density at radius 1 is 1.50 bits per heavy atom.